The molecule has 0 radical (unpaired) electrons. The molecule has 0 saturated heterocycles. The van der Waals surface area contributed by atoms with Crippen LogP contribution in [-0.4, -0.2) is 32.6 Å². The summed E-state index contributed by atoms with van der Waals surface area (Å²) in [5, 5.41) is 0. The van der Waals surface area contributed by atoms with Gasteiger partial charge in [0.05, 0.1) is 26.4 Å². The third-order valence-electron chi connectivity index (χ3n) is 4.07. The molecule has 150 valence electrons. The minimum absolute atomic E-state index is 0.330. The summed E-state index contributed by atoms with van der Waals surface area (Å²) in [6.45, 7) is 4.52. The quantitative estimate of drug-likeness (QED) is 0.537. The molecule has 0 heterocycles. The number of benzene rings is 2. The number of nitrogens with one attached hydrogen (secondary N) is 2. The molecule has 2 N–H and O–H groups in total. The van der Waals surface area contributed by atoms with E-state index in [1.165, 1.54) is 14.2 Å². The Balaban J connectivity index is 2.04. The van der Waals surface area contributed by atoms with E-state index in [1.54, 1.807) is 30.3 Å². The molecule has 2 rings (SSSR count). The van der Waals surface area contributed by atoms with Crippen molar-refractivity contribution in [1.82, 2.24) is 10.9 Å². The van der Waals surface area contributed by atoms with E-state index in [0.717, 1.165) is 18.4 Å². The minimum Gasteiger partial charge on any atom is -0.496 e. The largest absolute Gasteiger partial charge is 0.496 e. The van der Waals surface area contributed by atoms with E-state index < -0.39 is 11.8 Å². The molecule has 0 aliphatic heterocycles. The number of aryl methyl sites for hydroxylation is 1. The van der Waals surface area contributed by atoms with Gasteiger partial charge in [-0.05, 0) is 43.7 Å². The highest BCUT2D eigenvalue weighted by molar-refractivity contribution is 6.00. The highest BCUT2D eigenvalue weighted by atomic mass is 16.5. The molecular formula is C21H26N2O5. The molecule has 2 amide bonds. The van der Waals surface area contributed by atoms with Crippen molar-refractivity contribution in [3.8, 4) is 17.2 Å². The van der Waals surface area contributed by atoms with Crippen molar-refractivity contribution in [2.45, 2.75) is 26.7 Å². The van der Waals surface area contributed by atoms with E-state index >= 15 is 0 Å². The maximum Gasteiger partial charge on any atom is 0.273 e. The average Bonchev–Trinajstić information content (AvgIpc) is 2.72. The molecule has 0 bridgehead atoms. The highest BCUT2D eigenvalue weighted by Gasteiger charge is 2.15. The van der Waals surface area contributed by atoms with E-state index in [-0.39, 0.29) is 0 Å². The Morgan fingerprint density at radius 3 is 2.25 bits per heavy atom. The summed E-state index contributed by atoms with van der Waals surface area (Å²) in [5.41, 5.74) is 6.37. The van der Waals surface area contributed by atoms with Gasteiger partial charge in [-0.1, -0.05) is 25.0 Å². The van der Waals surface area contributed by atoms with Crippen LogP contribution in [0.5, 0.6) is 17.2 Å². The van der Waals surface area contributed by atoms with Crippen molar-refractivity contribution in [2.24, 2.45) is 0 Å². The van der Waals surface area contributed by atoms with Crippen molar-refractivity contribution in [2.75, 3.05) is 20.8 Å². The monoisotopic (exact) mass is 386 g/mol. The Kier molecular flexibility index (Phi) is 7.68. The van der Waals surface area contributed by atoms with Crippen LogP contribution in [-0.2, 0) is 0 Å². The summed E-state index contributed by atoms with van der Waals surface area (Å²) < 4.78 is 16.1. The summed E-state index contributed by atoms with van der Waals surface area (Å²) in [6.07, 6.45) is 1.95. The van der Waals surface area contributed by atoms with Crippen LogP contribution in [0.4, 0.5) is 0 Å². The van der Waals surface area contributed by atoms with Crippen LogP contribution < -0.4 is 25.1 Å². The Morgan fingerprint density at radius 1 is 0.893 bits per heavy atom. The maximum absolute atomic E-state index is 12.4. The lowest BCUT2D eigenvalue weighted by Crippen LogP contribution is -2.41. The van der Waals surface area contributed by atoms with E-state index in [0.29, 0.717) is 35.0 Å². The lowest BCUT2D eigenvalue weighted by atomic mass is 10.1. The fourth-order valence-corrected chi connectivity index (χ4v) is 2.51. The first-order chi connectivity index (χ1) is 13.5. The molecule has 0 fully saturated rings. The number of hydrazine groups is 1. The minimum atomic E-state index is -0.474. The second-order valence-corrected chi connectivity index (χ2v) is 6.18. The predicted octanol–water partition coefficient (Wildman–Crippen LogP) is 3.27. The maximum atomic E-state index is 12.4. The highest BCUT2D eigenvalue weighted by Crippen LogP contribution is 2.28. The van der Waals surface area contributed by atoms with Crippen molar-refractivity contribution in [1.29, 1.82) is 0 Å². The first kappa shape index (κ1) is 21.1. The van der Waals surface area contributed by atoms with Gasteiger partial charge in [0.25, 0.3) is 11.8 Å². The first-order valence-corrected chi connectivity index (χ1v) is 9.06. The zero-order valence-electron chi connectivity index (χ0n) is 16.6. The summed E-state index contributed by atoms with van der Waals surface area (Å²) in [7, 11) is 2.99. The third-order valence-corrected chi connectivity index (χ3v) is 4.07. The predicted molar refractivity (Wildman–Crippen MR) is 106 cm³/mol. The van der Waals surface area contributed by atoms with Gasteiger partial charge in [0.15, 0.2) is 11.5 Å². The van der Waals surface area contributed by atoms with Crippen molar-refractivity contribution in [3.05, 3.63) is 53.1 Å². The molecule has 0 spiro atoms. The number of hydrogen-bond acceptors (Lipinski definition) is 5. The van der Waals surface area contributed by atoms with Crippen molar-refractivity contribution < 1.29 is 23.8 Å². The van der Waals surface area contributed by atoms with Gasteiger partial charge < -0.3 is 14.2 Å². The smallest absolute Gasteiger partial charge is 0.273 e. The fraction of sp³-hybridized carbons (Fsp3) is 0.333. The van der Waals surface area contributed by atoms with Crippen LogP contribution >= 0.6 is 0 Å². The van der Waals surface area contributed by atoms with Gasteiger partial charge in [-0.3, -0.25) is 20.4 Å². The Bertz CT molecular complexity index is 836. The topological polar surface area (TPSA) is 85.9 Å². The lowest BCUT2D eigenvalue weighted by molar-refractivity contribution is 0.0844. The number of methoxy groups -OCH3 is 2. The van der Waals surface area contributed by atoms with Crippen LogP contribution in [0.3, 0.4) is 0 Å². The van der Waals surface area contributed by atoms with E-state index in [2.05, 4.69) is 17.8 Å². The standard InChI is InChI=1S/C21H26N2O5/c1-5-6-11-28-18-10-8-15(13-19(18)27-4)20(24)22-23-21(25)16-12-14(2)7-9-17(16)26-3/h7-10,12-13H,5-6,11H2,1-4H3,(H,22,24)(H,23,25). The van der Waals surface area contributed by atoms with E-state index in [4.69, 9.17) is 14.2 Å². The summed E-state index contributed by atoms with van der Waals surface area (Å²) >= 11 is 0. The number of carbonyl (C=O) groups is 2. The zero-order chi connectivity index (χ0) is 20.5. The van der Waals surface area contributed by atoms with Crippen LogP contribution in [0.25, 0.3) is 0 Å². The number of hydrogen-bond donors (Lipinski definition) is 2. The number of ether oxygens (including phenoxy) is 3. The zero-order valence-corrected chi connectivity index (χ0v) is 16.6. The fourth-order valence-electron chi connectivity index (χ4n) is 2.51. The second kappa shape index (κ2) is 10.2. The van der Waals surface area contributed by atoms with Crippen LogP contribution in [0.1, 0.15) is 46.0 Å². The molecule has 2 aromatic rings. The van der Waals surface area contributed by atoms with Gasteiger partial charge in [0, 0.05) is 5.56 Å². The van der Waals surface area contributed by atoms with Crippen molar-refractivity contribution in [3.63, 3.8) is 0 Å². The molecule has 0 unspecified atom stereocenters. The normalized spacial score (nSPS) is 10.1. The first-order valence-electron chi connectivity index (χ1n) is 9.06. The van der Waals surface area contributed by atoms with Crippen LogP contribution in [0.15, 0.2) is 36.4 Å². The lowest BCUT2D eigenvalue weighted by Gasteiger charge is -2.13. The van der Waals surface area contributed by atoms with Gasteiger partial charge in [-0.2, -0.15) is 0 Å². The summed E-state index contributed by atoms with van der Waals surface area (Å²) in [4.78, 5) is 24.8. The molecule has 0 saturated carbocycles. The Hall–Kier alpha value is -3.22. The van der Waals surface area contributed by atoms with E-state index in [9.17, 15) is 9.59 Å². The second-order valence-electron chi connectivity index (χ2n) is 6.18. The van der Waals surface area contributed by atoms with E-state index in [1.807, 2.05) is 13.0 Å². The number of unbranched alkanes of at least 4 members (excludes halogenated alkanes) is 1. The summed E-state index contributed by atoms with van der Waals surface area (Å²) in [5.74, 6) is 0.503. The molecular weight excluding hydrogens is 360 g/mol. The average molecular weight is 386 g/mol. The number of rotatable bonds is 8. The number of carbonyl (C=O) groups excluding carboxylic acids is 2. The van der Waals surface area contributed by atoms with Crippen LogP contribution in [0.2, 0.25) is 0 Å². The van der Waals surface area contributed by atoms with Gasteiger partial charge >= 0.3 is 0 Å². The SMILES string of the molecule is CCCCOc1ccc(C(=O)NNC(=O)c2cc(C)ccc2OC)cc1OC. The molecule has 0 aromatic heterocycles. The van der Waals surface area contributed by atoms with Gasteiger partial charge in [0.1, 0.15) is 5.75 Å². The van der Waals surface area contributed by atoms with Gasteiger partial charge in [-0.25, -0.2) is 0 Å². The molecule has 28 heavy (non-hydrogen) atoms. The third kappa shape index (κ3) is 5.39. The Morgan fingerprint density at radius 2 is 1.57 bits per heavy atom. The molecule has 0 aliphatic rings. The number of amides is 2. The van der Waals surface area contributed by atoms with Gasteiger partial charge in [-0.15, -0.1) is 0 Å². The van der Waals surface area contributed by atoms with Gasteiger partial charge in [0.2, 0.25) is 0 Å². The van der Waals surface area contributed by atoms with Crippen molar-refractivity contribution >= 4 is 11.8 Å². The Labute approximate surface area is 165 Å². The summed E-state index contributed by atoms with van der Waals surface area (Å²) in [6, 6.07) is 10.1. The molecule has 2 aromatic carbocycles. The molecule has 0 aliphatic carbocycles. The molecule has 7 nitrogen and oxygen atoms in total. The van der Waals surface area contributed by atoms with Crippen LogP contribution in [0, 0.1) is 6.92 Å². The molecule has 0 atom stereocenters. The molecule has 7 heteroatoms.